The van der Waals surface area contributed by atoms with Crippen LogP contribution in [0.5, 0.6) is 0 Å². The Balaban J connectivity index is 1.35. The molecule has 154 valence electrons. The lowest BCUT2D eigenvalue weighted by molar-refractivity contribution is -0.892. The molecule has 0 radical (unpaired) electrons. The topological polar surface area (TPSA) is 28.0 Å². The van der Waals surface area contributed by atoms with Crippen LogP contribution in [0.3, 0.4) is 0 Å². The van der Waals surface area contributed by atoms with Crippen LogP contribution in [0.25, 0.3) is 0 Å². The van der Waals surface area contributed by atoms with Crippen LogP contribution >= 0.6 is 0 Å². The summed E-state index contributed by atoms with van der Waals surface area (Å²) in [5.41, 5.74) is 6.85. The highest BCUT2D eigenvalue weighted by molar-refractivity contribution is 5.77. The van der Waals surface area contributed by atoms with Crippen LogP contribution in [0.1, 0.15) is 41.1 Å². The fourth-order valence-electron chi connectivity index (χ4n) is 4.96. The van der Waals surface area contributed by atoms with Crippen molar-refractivity contribution in [2.24, 2.45) is 0 Å². The van der Waals surface area contributed by atoms with Crippen LogP contribution in [0, 0.1) is 13.8 Å². The van der Waals surface area contributed by atoms with Crippen LogP contribution < -0.4 is 9.80 Å². The van der Waals surface area contributed by atoms with Gasteiger partial charge >= 0.3 is 0 Å². The van der Waals surface area contributed by atoms with E-state index in [-0.39, 0.29) is 11.9 Å². The van der Waals surface area contributed by atoms with Gasteiger partial charge in [-0.25, -0.2) is 0 Å². The summed E-state index contributed by atoms with van der Waals surface area (Å²) in [6, 6.07) is 15.4. The normalized spacial score (nSPS) is 19.7. The maximum Gasteiger partial charge on any atom is 0.278 e. The minimum absolute atomic E-state index is 0.239. The standard InChI is InChI=1S/C25H33N3O/c1-19-8-6-12-23(20(19)2)28-16-14-27(15-17-28)18-25(29)26(3)24-13-7-10-21-9-4-5-11-22(21)24/h4-6,8-9,11-12,24H,7,10,13-18H2,1-3H3/p+1/t24-/m0/s1. The van der Waals surface area contributed by atoms with E-state index in [2.05, 4.69) is 61.2 Å². The van der Waals surface area contributed by atoms with Gasteiger partial charge in [-0.1, -0.05) is 36.4 Å². The number of hydrogen-bond donors (Lipinski definition) is 1. The zero-order chi connectivity index (χ0) is 20.4. The van der Waals surface area contributed by atoms with E-state index < -0.39 is 0 Å². The van der Waals surface area contributed by atoms with Crippen molar-refractivity contribution in [3.05, 3.63) is 64.7 Å². The molecule has 1 atom stereocenters. The fourth-order valence-corrected chi connectivity index (χ4v) is 4.96. The van der Waals surface area contributed by atoms with Gasteiger partial charge in [-0.2, -0.15) is 0 Å². The van der Waals surface area contributed by atoms with E-state index in [0.29, 0.717) is 6.54 Å². The lowest BCUT2D eigenvalue weighted by Gasteiger charge is -2.37. The van der Waals surface area contributed by atoms with Gasteiger partial charge in [0.15, 0.2) is 6.54 Å². The van der Waals surface area contributed by atoms with Crippen LogP contribution in [0.4, 0.5) is 5.69 Å². The Morgan fingerprint density at radius 2 is 1.86 bits per heavy atom. The molecule has 4 heteroatoms. The Morgan fingerprint density at radius 3 is 2.66 bits per heavy atom. The number of quaternary nitrogens is 1. The van der Waals surface area contributed by atoms with E-state index in [9.17, 15) is 4.79 Å². The molecule has 0 unspecified atom stereocenters. The zero-order valence-electron chi connectivity index (χ0n) is 18.1. The van der Waals surface area contributed by atoms with E-state index in [1.807, 2.05) is 11.9 Å². The van der Waals surface area contributed by atoms with Gasteiger partial charge in [0.2, 0.25) is 0 Å². The van der Waals surface area contributed by atoms with Gasteiger partial charge in [-0.15, -0.1) is 0 Å². The van der Waals surface area contributed by atoms with E-state index >= 15 is 0 Å². The van der Waals surface area contributed by atoms with E-state index in [0.717, 1.165) is 39.0 Å². The number of carbonyl (C=O) groups excluding carboxylic acids is 1. The number of fused-ring (bicyclic) bond motifs is 1. The molecular formula is C25H34N3O+. The number of hydrogen-bond acceptors (Lipinski definition) is 2. The molecule has 0 aromatic heterocycles. The summed E-state index contributed by atoms with van der Waals surface area (Å²) in [6.07, 6.45) is 3.38. The number of piperazine rings is 1. The first-order valence-corrected chi connectivity index (χ1v) is 11.0. The fraction of sp³-hybridized carbons (Fsp3) is 0.480. The molecule has 2 aromatic carbocycles. The molecule has 1 amide bonds. The molecule has 29 heavy (non-hydrogen) atoms. The number of nitrogens with zero attached hydrogens (tertiary/aromatic N) is 2. The average Bonchev–Trinajstić information content (AvgIpc) is 2.75. The van der Waals surface area contributed by atoms with Crippen LogP contribution in [-0.2, 0) is 11.2 Å². The number of anilines is 1. The van der Waals surface area contributed by atoms with Crippen molar-refractivity contribution in [3.8, 4) is 0 Å². The third kappa shape index (κ3) is 4.18. The lowest BCUT2D eigenvalue weighted by Crippen LogP contribution is -3.15. The number of likely N-dealkylation sites (N-methyl/N-ethyl adjacent to an activating group) is 1. The van der Waals surface area contributed by atoms with Crippen molar-refractivity contribution < 1.29 is 9.69 Å². The molecule has 1 aliphatic heterocycles. The molecule has 0 spiro atoms. The highest BCUT2D eigenvalue weighted by Crippen LogP contribution is 2.33. The molecule has 0 saturated carbocycles. The van der Waals surface area contributed by atoms with Crippen molar-refractivity contribution in [3.63, 3.8) is 0 Å². The van der Waals surface area contributed by atoms with Gasteiger partial charge in [-0.05, 0) is 61.4 Å². The SMILES string of the molecule is Cc1cccc(N2CC[NH+](CC(=O)N(C)[C@H]3CCCc4ccccc43)CC2)c1C. The second-order valence-corrected chi connectivity index (χ2v) is 8.74. The molecule has 2 aliphatic rings. The van der Waals surface area contributed by atoms with Crippen molar-refractivity contribution in [1.29, 1.82) is 0 Å². The maximum atomic E-state index is 13.1. The van der Waals surface area contributed by atoms with Crippen molar-refractivity contribution in [1.82, 2.24) is 4.90 Å². The predicted octanol–water partition coefficient (Wildman–Crippen LogP) is 2.54. The largest absolute Gasteiger partial charge is 0.360 e. The van der Waals surface area contributed by atoms with E-state index in [1.54, 1.807) is 0 Å². The van der Waals surface area contributed by atoms with Crippen molar-refractivity contribution >= 4 is 11.6 Å². The van der Waals surface area contributed by atoms with Gasteiger partial charge < -0.3 is 14.7 Å². The summed E-state index contributed by atoms with van der Waals surface area (Å²) < 4.78 is 0. The summed E-state index contributed by atoms with van der Waals surface area (Å²) in [4.78, 5) is 19.0. The first-order valence-electron chi connectivity index (χ1n) is 11.0. The highest BCUT2D eigenvalue weighted by atomic mass is 16.2. The molecule has 4 rings (SSSR count). The van der Waals surface area contributed by atoms with Crippen LogP contribution in [0.2, 0.25) is 0 Å². The number of amides is 1. The van der Waals surface area contributed by atoms with Gasteiger partial charge in [0.05, 0.1) is 32.2 Å². The Hall–Kier alpha value is -2.33. The lowest BCUT2D eigenvalue weighted by atomic mass is 9.87. The monoisotopic (exact) mass is 392 g/mol. The third-order valence-electron chi connectivity index (χ3n) is 6.99. The van der Waals surface area contributed by atoms with Crippen molar-refractivity contribution in [2.45, 2.75) is 39.2 Å². The zero-order valence-corrected chi connectivity index (χ0v) is 18.1. The summed E-state index contributed by atoms with van der Waals surface area (Å²) in [5.74, 6) is 0.280. The smallest absolute Gasteiger partial charge is 0.278 e. The number of rotatable bonds is 4. The first kappa shape index (κ1) is 20.0. The minimum Gasteiger partial charge on any atom is -0.360 e. The molecule has 0 bridgehead atoms. The number of aryl methyl sites for hydroxylation is 2. The second kappa shape index (κ2) is 8.58. The molecule has 1 heterocycles. The summed E-state index contributed by atoms with van der Waals surface area (Å²) in [6.45, 7) is 9.08. The molecule has 1 N–H and O–H groups in total. The molecule has 1 saturated heterocycles. The van der Waals surface area contributed by atoms with Gasteiger partial charge in [0.25, 0.3) is 5.91 Å². The van der Waals surface area contributed by atoms with Crippen LogP contribution in [-0.4, -0.2) is 50.6 Å². The minimum atomic E-state index is 0.239. The third-order valence-corrected chi connectivity index (χ3v) is 6.99. The molecule has 2 aromatic rings. The van der Waals surface area contributed by atoms with E-state index in [1.165, 1.54) is 39.3 Å². The van der Waals surface area contributed by atoms with Gasteiger partial charge in [0.1, 0.15) is 0 Å². The Labute approximate surface area is 175 Å². The molecular weight excluding hydrogens is 358 g/mol. The van der Waals surface area contributed by atoms with Crippen LogP contribution in [0.15, 0.2) is 42.5 Å². The predicted molar refractivity (Wildman–Crippen MR) is 119 cm³/mol. The first-order chi connectivity index (χ1) is 14.0. The second-order valence-electron chi connectivity index (χ2n) is 8.74. The molecule has 1 fully saturated rings. The highest BCUT2D eigenvalue weighted by Gasteiger charge is 2.30. The molecule has 1 aliphatic carbocycles. The number of carbonyl (C=O) groups is 1. The van der Waals surface area contributed by atoms with E-state index in [4.69, 9.17) is 0 Å². The molecule has 4 nitrogen and oxygen atoms in total. The number of benzene rings is 2. The Bertz CT molecular complexity index is 870. The van der Waals surface area contributed by atoms with Gasteiger partial charge in [0, 0.05) is 12.7 Å². The Morgan fingerprint density at radius 1 is 1.10 bits per heavy atom. The average molecular weight is 393 g/mol. The summed E-state index contributed by atoms with van der Waals surface area (Å²) >= 11 is 0. The summed E-state index contributed by atoms with van der Waals surface area (Å²) in [5, 5.41) is 0. The quantitative estimate of drug-likeness (QED) is 0.866. The maximum absolute atomic E-state index is 13.1. The van der Waals surface area contributed by atoms with Gasteiger partial charge in [-0.3, -0.25) is 4.79 Å². The summed E-state index contributed by atoms with van der Waals surface area (Å²) in [7, 11) is 2.00. The Kier molecular flexibility index (Phi) is 5.91. The number of nitrogens with one attached hydrogen (secondary N) is 1. The van der Waals surface area contributed by atoms with Crippen molar-refractivity contribution in [2.75, 3.05) is 44.7 Å².